The number of hydrogen-bond donors (Lipinski definition) is 1. The molecule has 0 aliphatic carbocycles. The van der Waals surface area contributed by atoms with Gasteiger partial charge in [-0.05, 0) is 65.9 Å². The normalized spacial score (nSPS) is 12.1. The number of carbonyl (C=O) groups is 2. The summed E-state index contributed by atoms with van der Waals surface area (Å²) in [5, 5.41) is 3.33. The fraction of sp³-hybridized carbons (Fsp3) is 0.257. The van der Waals surface area contributed by atoms with Gasteiger partial charge in [-0.15, -0.1) is 0 Å². The highest BCUT2D eigenvalue weighted by Gasteiger charge is 2.34. The van der Waals surface area contributed by atoms with Gasteiger partial charge in [-0.2, -0.15) is 0 Å². The van der Waals surface area contributed by atoms with Crippen molar-refractivity contribution in [2.75, 3.05) is 17.9 Å². The van der Waals surface area contributed by atoms with Crippen LogP contribution in [0.3, 0.4) is 0 Å². The van der Waals surface area contributed by atoms with Gasteiger partial charge in [-0.1, -0.05) is 103 Å². The van der Waals surface area contributed by atoms with Crippen LogP contribution in [0.1, 0.15) is 42.0 Å². The fourth-order valence-corrected chi connectivity index (χ4v) is 6.68. The van der Waals surface area contributed by atoms with Crippen LogP contribution >= 0.6 is 23.2 Å². The molecule has 236 valence electrons. The van der Waals surface area contributed by atoms with E-state index in [9.17, 15) is 18.0 Å². The molecule has 0 heterocycles. The molecule has 7 nitrogen and oxygen atoms in total. The summed E-state index contributed by atoms with van der Waals surface area (Å²) in [4.78, 5) is 29.3. The summed E-state index contributed by atoms with van der Waals surface area (Å²) in [5.74, 6) is -0.716. The Morgan fingerprint density at radius 2 is 1.47 bits per heavy atom. The SMILES string of the molecule is CNC(=O)C(Cc1ccccc1)N(Cc1ccc(Cl)c(Cl)c1)C(=O)CN(c1ccc(C(C)C)cc1)S(=O)(=O)c1ccc(C)cc1. The largest absolute Gasteiger partial charge is 0.357 e. The van der Waals surface area contributed by atoms with E-state index in [1.54, 1.807) is 42.5 Å². The van der Waals surface area contributed by atoms with Crippen LogP contribution in [0.5, 0.6) is 0 Å². The molecule has 0 saturated carbocycles. The molecule has 4 aromatic rings. The van der Waals surface area contributed by atoms with Crippen molar-refractivity contribution in [3.05, 3.63) is 129 Å². The van der Waals surface area contributed by atoms with E-state index in [2.05, 4.69) is 5.32 Å². The fourth-order valence-electron chi connectivity index (χ4n) is 4.95. The number of anilines is 1. The van der Waals surface area contributed by atoms with Gasteiger partial charge in [0.2, 0.25) is 11.8 Å². The summed E-state index contributed by atoms with van der Waals surface area (Å²) in [5.41, 5.74) is 3.74. The molecule has 45 heavy (non-hydrogen) atoms. The monoisotopic (exact) mass is 665 g/mol. The highest BCUT2D eigenvalue weighted by atomic mass is 35.5. The van der Waals surface area contributed by atoms with Gasteiger partial charge in [-0.25, -0.2) is 8.42 Å². The van der Waals surface area contributed by atoms with Crippen LogP contribution in [0, 0.1) is 6.92 Å². The van der Waals surface area contributed by atoms with E-state index in [1.165, 1.54) is 24.1 Å². The number of amides is 2. The minimum atomic E-state index is -4.18. The van der Waals surface area contributed by atoms with E-state index in [0.717, 1.165) is 21.0 Å². The van der Waals surface area contributed by atoms with E-state index in [0.29, 0.717) is 21.3 Å². The Hall–Kier alpha value is -3.85. The summed E-state index contributed by atoms with van der Waals surface area (Å²) in [6, 6.07) is 27.0. The van der Waals surface area contributed by atoms with Crippen LogP contribution in [0.15, 0.2) is 102 Å². The van der Waals surface area contributed by atoms with Crippen molar-refractivity contribution in [1.29, 1.82) is 0 Å². The number of sulfonamides is 1. The van der Waals surface area contributed by atoms with Crippen molar-refractivity contribution < 1.29 is 18.0 Å². The summed E-state index contributed by atoms with van der Waals surface area (Å²) in [6.07, 6.45) is 0.210. The van der Waals surface area contributed by atoms with Crippen molar-refractivity contribution in [3.63, 3.8) is 0 Å². The molecule has 4 aromatic carbocycles. The first kappa shape index (κ1) is 34.0. The summed E-state index contributed by atoms with van der Waals surface area (Å²) in [6.45, 7) is 5.42. The average Bonchev–Trinajstić information content (AvgIpc) is 3.03. The first-order chi connectivity index (χ1) is 21.4. The van der Waals surface area contributed by atoms with Crippen LogP contribution in [0.2, 0.25) is 10.0 Å². The molecule has 10 heteroatoms. The molecule has 2 amide bonds. The van der Waals surface area contributed by atoms with Crippen molar-refractivity contribution in [2.24, 2.45) is 0 Å². The number of halogens is 2. The second-order valence-corrected chi connectivity index (χ2v) is 13.8. The summed E-state index contributed by atoms with van der Waals surface area (Å²) in [7, 11) is -2.67. The number of hydrogen-bond acceptors (Lipinski definition) is 4. The van der Waals surface area contributed by atoms with Gasteiger partial charge in [0.1, 0.15) is 12.6 Å². The molecule has 0 bridgehead atoms. The first-order valence-electron chi connectivity index (χ1n) is 14.6. The van der Waals surface area contributed by atoms with Crippen LogP contribution in [-0.4, -0.2) is 44.8 Å². The molecular weight excluding hydrogens is 629 g/mol. The maximum absolute atomic E-state index is 14.4. The lowest BCUT2D eigenvalue weighted by molar-refractivity contribution is -0.139. The molecule has 0 aliphatic rings. The standard InChI is InChI=1S/C35H37Cl2N3O4S/c1-24(2)28-13-15-29(16-14-28)40(45(43,44)30-17-10-25(3)11-18-30)23-34(41)39(22-27-12-19-31(36)32(37)20-27)33(35(42)38-4)21-26-8-6-5-7-9-26/h5-20,24,33H,21-23H2,1-4H3,(H,38,42). The molecule has 0 saturated heterocycles. The lowest BCUT2D eigenvalue weighted by Gasteiger charge is -2.33. The van der Waals surface area contributed by atoms with Crippen LogP contribution in [0.4, 0.5) is 5.69 Å². The number of likely N-dealkylation sites (N-methyl/N-ethyl adjacent to an activating group) is 1. The Morgan fingerprint density at radius 3 is 2.04 bits per heavy atom. The molecule has 1 atom stereocenters. The maximum atomic E-state index is 14.4. The molecule has 0 aromatic heterocycles. The molecule has 0 spiro atoms. The van der Waals surface area contributed by atoms with Crippen LogP contribution in [0.25, 0.3) is 0 Å². The number of aryl methyl sites for hydroxylation is 1. The van der Waals surface area contributed by atoms with Gasteiger partial charge in [0.25, 0.3) is 10.0 Å². The van der Waals surface area contributed by atoms with Gasteiger partial charge < -0.3 is 10.2 Å². The second kappa shape index (κ2) is 15.0. The van der Waals surface area contributed by atoms with E-state index in [1.807, 2.05) is 63.2 Å². The van der Waals surface area contributed by atoms with E-state index < -0.39 is 28.5 Å². The zero-order valence-corrected chi connectivity index (χ0v) is 28.0. The van der Waals surface area contributed by atoms with Crippen molar-refractivity contribution in [1.82, 2.24) is 10.2 Å². The Labute approximate surface area is 275 Å². The van der Waals surface area contributed by atoms with Gasteiger partial charge in [0.15, 0.2) is 0 Å². The molecular formula is C35H37Cl2N3O4S. The predicted molar refractivity (Wildman–Crippen MR) is 181 cm³/mol. The number of carbonyl (C=O) groups excluding carboxylic acids is 2. The summed E-state index contributed by atoms with van der Waals surface area (Å²) < 4.78 is 29.4. The Morgan fingerprint density at radius 1 is 0.822 bits per heavy atom. The Kier molecular flexibility index (Phi) is 11.3. The zero-order chi connectivity index (χ0) is 32.7. The lowest BCUT2D eigenvalue weighted by Crippen LogP contribution is -2.53. The second-order valence-electron chi connectivity index (χ2n) is 11.2. The molecule has 0 radical (unpaired) electrons. The third kappa shape index (κ3) is 8.45. The van der Waals surface area contributed by atoms with Gasteiger partial charge >= 0.3 is 0 Å². The molecule has 4 rings (SSSR count). The van der Waals surface area contributed by atoms with Crippen molar-refractivity contribution in [2.45, 2.75) is 50.6 Å². The first-order valence-corrected chi connectivity index (χ1v) is 16.8. The molecule has 1 unspecified atom stereocenters. The number of nitrogens with zero attached hydrogens (tertiary/aromatic N) is 2. The number of nitrogens with one attached hydrogen (secondary N) is 1. The van der Waals surface area contributed by atoms with E-state index in [4.69, 9.17) is 23.2 Å². The van der Waals surface area contributed by atoms with Crippen molar-refractivity contribution >= 4 is 50.7 Å². The smallest absolute Gasteiger partial charge is 0.264 e. The number of benzene rings is 4. The van der Waals surface area contributed by atoms with Gasteiger partial charge in [0.05, 0.1) is 20.6 Å². The van der Waals surface area contributed by atoms with E-state index in [-0.39, 0.29) is 29.7 Å². The highest BCUT2D eigenvalue weighted by molar-refractivity contribution is 7.92. The zero-order valence-electron chi connectivity index (χ0n) is 25.7. The predicted octanol–water partition coefficient (Wildman–Crippen LogP) is 7.01. The minimum absolute atomic E-state index is 0.00858. The minimum Gasteiger partial charge on any atom is -0.357 e. The highest BCUT2D eigenvalue weighted by Crippen LogP contribution is 2.28. The Balaban J connectivity index is 1.80. The van der Waals surface area contributed by atoms with Crippen LogP contribution < -0.4 is 9.62 Å². The van der Waals surface area contributed by atoms with Gasteiger partial charge in [-0.3, -0.25) is 13.9 Å². The molecule has 0 aliphatic heterocycles. The third-order valence-electron chi connectivity index (χ3n) is 7.59. The lowest BCUT2D eigenvalue weighted by atomic mass is 10.0. The third-order valence-corrected chi connectivity index (χ3v) is 10.1. The maximum Gasteiger partial charge on any atom is 0.264 e. The van der Waals surface area contributed by atoms with Crippen LogP contribution in [-0.2, 0) is 32.6 Å². The Bertz CT molecular complexity index is 1730. The van der Waals surface area contributed by atoms with Gasteiger partial charge in [0, 0.05) is 20.0 Å². The average molecular weight is 667 g/mol. The van der Waals surface area contributed by atoms with E-state index >= 15 is 0 Å². The topological polar surface area (TPSA) is 86.8 Å². The molecule has 0 fully saturated rings. The van der Waals surface area contributed by atoms with Crippen molar-refractivity contribution in [3.8, 4) is 0 Å². The number of rotatable bonds is 12. The molecule has 1 N–H and O–H groups in total. The summed E-state index contributed by atoms with van der Waals surface area (Å²) >= 11 is 12.5. The quantitative estimate of drug-likeness (QED) is 0.176.